The maximum atomic E-state index is 12.7. The maximum Gasteiger partial charge on any atom is 0.305 e. The summed E-state index contributed by atoms with van der Waals surface area (Å²) in [6.45, 7) is -0.315. The number of Topliss-reactive ketones (excluding diaryl/α,β-unsaturated/α-hetero) is 1. The molecule has 1 atom stereocenters. The molecule has 1 unspecified atom stereocenters. The summed E-state index contributed by atoms with van der Waals surface area (Å²) in [5.41, 5.74) is -0.147. The van der Waals surface area contributed by atoms with E-state index in [2.05, 4.69) is 0 Å². The molecule has 1 heterocycles. The van der Waals surface area contributed by atoms with Gasteiger partial charge in [-0.05, 0) is 29.8 Å². The van der Waals surface area contributed by atoms with E-state index >= 15 is 0 Å². The van der Waals surface area contributed by atoms with Crippen molar-refractivity contribution in [2.75, 3.05) is 6.54 Å². The molecule has 0 aromatic heterocycles. The molecule has 3 rings (SSSR count). The molecule has 0 bridgehead atoms. The molecule has 9 nitrogen and oxygen atoms in total. The molecule has 1 amide bonds. The molecular weight excluding hydrogens is 416 g/mol. The number of aliphatic carboxylic acids is 1. The lowest BCUT2D eigenvalue weighted by molar-refractivity contribution is -0.384. The number of carboxylic acid groups (broad SMARTS) is 1. The Balaban J connectivity index is 2.19. The number of nitrogens with zero attached hydrogens (tertiary/aromatic N) is 2. The number of likely N-dealkylation sites (tertiary alicyclic amines) is 1. The topological polar surface area (TPSA) is 138 Å². The van der Waals surface area contributed by atoms with Gasteiger partial charge in [0.1, 0.15) is 5.76 Å². The van der Waals surface area contributed by atoms with Gasteiger partial charge in [-0.2, -0.15) is 0 Å². The van der Waals surface area contributed by atoms with Crippen LogP contribution in [0, 0.1) is 10.1 Å². The van der Waals surface area contributed by atoms with Crippen molar-refractivity contribution in [3.8, 4) is 0 Å². The number of halogens is 1. The van der Waals surface area contributed by atoms with E-state index in [1.165, 1.54) is 48.5 Å². The van der Waals surface area contributed by atoms with Crippen LogP contribution in [0.25, 0.3) is 5.76 Å². The van der Waals surface area contributed by atoms with Crippen LogP contribution in [0.4, 0.5) is 5.69 Å². The number of rotatable bonds is 6. The van der Waals surface area contributed by atoms with E-state index in [1.807, 2.05) is 0 Å². The fourth-order valence-electron chi connectivity index (χ4n) is 3.24. The number of carboxylic acids is 1. The Morgan fingerprint density at radius 3 is 2.40 bits per heavy atom. The van der Waals surface area contributed by atoms with Crippen molar-refractivity contribution in [3.63, 3.8) is 0 Å². The van der Waals surface area contributed by atoms with Gasteiger partial charge in [0.2, 0.25) is 0 Å². The summed E-state index contributed by atoms with van der Waals surface area (Å²) >= 11 is 5.85. The lowest BCUT2D eigenvalue weighted by Crippen LogP contribution is -2.31. The van der Waals surface area contributed by atoms with Gasteiger partial charge in [-0.25, -0.2) is 0 Å². The fourth-order valence-corrected chi connectivity index (χ4v) is 3.37. The normalized spacial score (nSPS) is 17.9. The first-order chi connectivity index (χ1) is 14.2. The molecule has 2 N–H and O–H groups in total. The standard InChI is InChI=1S/C20H15ClN2O7/c21-13-6-4-11(5-7-13)18(26)16-17(12-2-1-3-14(10-12)23(29)30)22(9-8-15(24)25)20(28)19(16)27/h1-7,10,17,26H,8-9H2,(H,24,25)/b18-16+. The molecule has 0 spiro atoms. The Hall–Kier alpha value is -3.72. The van der Waals surface area contributed by atoms with Crippen molar-refractivity contribution in [3.05, 3.63) is 80.4 Å². The summed E-state index contributed by atoms with van der Waals surface area (Å²) in [5.74, 6) is -3.68. The highest BCUT2D eigenvalue weighted by molar-refractivity contribution is 6.46. The van der Waals surface area contributed by atoms with E-state index in [0.717, 1.165) is 4.90 Å². The number of hydrogen-bond donors (Lipinski definition) is 2. The molecule has 1 fully saturated rings. The van der Waals surface area contributed by atoms with Gasteiger partial charge in [-0.3, -0.25) is 24.5 Å². The minimum atomic E-state index is -1.19. The number of ketones is 1. The van der Waals surface area contributed by atoms with Gasteiger partial charge in [-0.1, -0.05) is 23.7 Å². The number of nitro benzene ring substituents is 1. The number of carbonyl (C=O) groups is 3. The summed E-state index contributed by atoms with van der Waals surface area (Å²) < 4.78 is 0. The number of benzene rings is 2. The predicted molar refractivity (Wildman–Crippen MR) is 106 cm³/mol. The first-order valence-electron chi connectivity index (χ1n) is 8.71. The van der Waals surface area contributed by atoms with Crippen LogP contribution in [0.5, 0.6) is 0 Å². The average molecular weight is 431 g/mol. The predicted octanol–water partition coefficient (Wildman–Crippen LogP) is 3.14. The Morgan fingerprint density at radius 2 is 1.80 bits per heavy atom. The molecule has 154 valence electrons. The lowest BCUT2D eigenvalue weighted by Gasteiger charge is -2.24. The van der Waals surface area contributed by atoms with Crippen LogP contribution in [-0.4, -0.2) is 44.2 Å². The molecule has 2 aromatic rings. The third-order valence-corrected chi connectivity index (χ3v) is 4.87. The van der Waals surface area contributed by atoms with Gasteiger partial charge in [0.05, 0.1) is 23.0 Å². The highest BCUT2D eigenvalue weighted by Gasteiger charge is 2.46. The number of carbonyl (C=O) groups excluding carboxylic acids is 2. The van der Waals surface area contributed by atoms with E-state index < -0.39 is 40.8 Å². The largest absolute Gasteiger partial charge is 0.507 e. The number of hydrogen-bond acceptors (Lipinski definition) is 6. The Labute approximate surface area is 175 Å². The molecule has 0 saturated carbocycles. The van der Waals surface area contributed by atoms with Gasteiger partial charge in [0.25, 0.3) is 17.4 Å². The molecule has 10 heteroatoms. The Bertz CT molecular complexity index is 1080. The summed E-state index contributed by atoms with van der Waals surface area (Å²) in [6, 6.07) is 9.96. The van der Waals surface area contributed by atoms with Crippen LogP contribution < -0.4 is 0 Å². The van der Waals surface area contributed by atoms with Crippen molar-refractivity contribution in [2.45, 2.75) is 12.5 Å². The second-order valence-corrected chi connectivity index (χ2v) is 6.93. The third kappa shape index (κ3) is 4.01. The Morgan fingerprint density at radius 1 is 1.13 bits per heavy atom. The van der Waals surface area contributed by atoms with Crippen molar-refractivity contribution in [2.24, 2.45) is 0 Å². The van der Waals surface area contributed by atoms with Gasteiger partial charge in [0.15, 0.2) is 0 Å². The zero-order valence-corrected chi connectivity index (χ0v) is 16.1. The van der Waals surface area contributed by atoms with Gasteiger partial charge < -0.3 is 15.1 Å². The second kappa shape index (κ2) is 8.34. The second-order valence-electron chi connectivity index (χ2n) is 6.50. The summed E-state index contributed by atoms with van der Waals surface area (Å²) in [7, 11) is 0. The average Bonchev–Trinajstić information content (AvgIpc) is 2.97. The lowest BCUT2D eigenvalue weighted by atomic mass is 9.95. The minimum absolute atomic E-state index is 0.198. The minimum Gasteiger partial charge on any atom is -0.507 e. The summed E-state index contributed by atoms with van der Waals surface area (Å²) in [5, 5.41) is 31.3. The first-order valence-corrected chi connectivity index (χ1v) is 9.09. The number of non-ortho nitro benzene ring substituents is 1. The number of aliphatic hydroxyl groups is 1. The molecule has 1 aliphatic rings. The maximum absolute atomic E-state index is 12.7. The highest BCUT2D eigenvalue weighted by Crippen LogP contribution is 2.40. The molecule has 0 aliphatic carbocycles. The quantitative estimate of drug-likeness (QED) is 0.236. The smallest absolute Gasteiger partial charge is 0.305 e. The Kier molecular flexibility index (Phi) is 5.84. The number of nitro groups is 1. The molecule has 2 aromatic carbocycles. The number of aliphatic hydroxyl groups excluding tert-OH is 1. The van der Waals surface area contributed by atoms with Crippen LogP contribution in [0.15, 0.2) is 54.1 Å². The molecular formula is C20H15ClN2O7. The van der Waals surface area contributed by atoms with Gasteiger partial charge in [-0.15, -0.1) is 0 Å². The van der Waals surface area contributed by atoms with Crippen LogP contribution >= 0.6 is 11.6 Å². The van der Waals surface area contributed by atoms with E-state index in [-0.39, 0.29) is 28.9 Å². The van der Waals surface area contributed by atoms with Crippen LogP contribution in [0.1, 0.15) is 23.6 Å². The van der Waals surface area contributed by atoms with Crippen molar-refractivity contribution >= 4 is 40.7 Å². The molecule has 1 saturated heterocycles. The fraction of sp³-hybridized carbons (Fsp3) is 0.150. The summed E-state index contributed by atoms with van der Waals surface area (Å²) in [6.07, 6.45) is -0.445. The van der Waals surface area contributed by atoms with E-state index in [0.29, 0.717) is 5.02 Å². The first kappa shape index (κ1) is 21.0. The van der Waals surface area contributed by atoms with Crippen molar-refractivity contribution < 1.29 is 29.5 Å². The van der Waals surface area contributed by atoms with E-state index in [4.69, 9.17) is 16.7 Å². The summed E-state index contributed by atoms with van der Waals surface area (Å²) in [4.78, 5) is 47.9. The number of amides is 1. The molecule has 1 aliphatic heterocycles. The zero-order valence-electron chi connectivity index (χ0n) is 15.3. The van der Waals surface area contributed by atoms with Gasteiger partial charge >= 0.3 is 5.97 Å². The monoisotopic (exact) mass is 430 g/mol. The third-order valence-electron chi connectivity index (χ3n) is 4.62. The van der Waals surface area contributed by atoms with Crippen LogP contribution in [0.3, 0.4) is 0 Å². The molecule has 0 radical (unpaired) electrons. The highest BCUT2D eigenvalue weighted by atomic mass is 35.5. The molecule has 30 heavy (non-hydrogen) atoms. The van der Waals surface area contributed by atoms with Crippen LogP contribution in [0.2, 0.25) is 5.02 Å². The van der Waals surface area contributed by atoms with Crippen LogP contribution in [-0.2, 0) is 14.4 Å². The van der Waals surface area contributed by atoms with Gasteiger partial charge in [0, 0.05) is 29.3 Å². The van der Waals surface area contributed by atoms with Crippen molar-refractivity contribution in [1.82, 2.24) is 4.90 Å². The SMILES string of the molecule is O=C(O)CCN1C(=O)C(=O)/C(=C(/O)c2ccc(Cl)cc2)C1c1cccc([N+](=O)[O-])c1. The zero-order chi connectivity index (χ0) is 22.0. The van der Waals surface area contributed by atoms with Crippen molar-refractivity contribution in [1.29, 1.82) is 0 Å². The van der Waals surface area contributed by atoms with E-state index in [1.54, 1.807) is 0 Å². The van der Waals surface area contributed by atoms with E-state index in [9.17, 15) is 29.6 Å².